The Morgan fingerprint density at radius 1 is 1.50 bits per heavy atom. The van der Waals surface area contributed by atoms with Gasteiger partial charge < -0.3 is 0 Å². The van der Waals surface area contributed by atoms with E-state index in [0.717, 1.165) is 5.39 Å². The second-order valence-corrected chi connectivity index (χ2v) is 2.17. The topological polar surface area (TPSA) is 43.6 Å². The summed E-state index contributed by atoms with van der Waals surface area (Å²) in [5.74, 6) is 0. The van der Waals surface area contributed by atoms with Gasteiger partial charge in [0.2, 0.25) is 0 Å². The van der Waals surface area contributed by atoms with Gasteiger partial charge in [-0.15, -0.1) is 5.10 Å². The minimum atomic E-state index is 0.616. The second kappa shape index (κ2) is 1.91. The first kappa shape index (κ1) is 5.61. The van der Waals surface area contributed by atoms with Crippen LogP contribution in [0.2, 0.25) is 0 Å². The average molecular weight is 155 g/mol. The summed E-state index contributed by atoms with van der Waals surface area (Å²) in [6.07, 6.45) is 4.75. The lowest BCUT2D eigenvalue weighted by Crippen LogP contribution is -1.79. The smallest absolute Gasteiger partial charge is 0.185 e. The fraction of sp³-hybridized carbons (Fsp3) is 0. The number of hydrogen-bond donors (Lipinski definition) is 0. The zero-order valence-corrected chi connectivity index (χ0v) is 5.65. The third-order valence-electron chi connectivity index (χ3n) is 1.15. The highest BCUT2D eigenvalue weighted by Crippen LogP contribution is 2.06. The highest BCUT2D eigenvalue weighted by atomic mass is 35.5. The van der Waals surface area contributed by atoms with Crippen molar-refractivity contribution in [3.8, 4) is 0 Å². The summed E-state index contributed by atoms with van der Waals surface area (Å²) >= 11 is 5.52. The van der Waals surface area contributed by atoms with Gasteiger partial charge in [0.15, 0.2) is 5.65 Å². The molecule has 0 spiro atoms. The summed E-state index contributed by atoms with van der Waals surface area (Å²) < 4.78 is 1.19. The van der Waals surface area contributed by atoms with Crippen molar-refractivity contribution in [1.82, 2.24) is 19.3 Å². The van der Waals surface area contributed by atoms with E-state index in [-0.39, 0.29) is 0 Å². The Kier molecular flexibility index (Phi) is 1.07. The van der Waals surface area contributed by atoms with Crippen LogP contribution in [-0.4, -0.2) is 19.3 Å². The maximum atomic E-state index is 5.52. The molecule has 0 saturated heterocycles. The van der Waals surface area contributed by atoms with Gasteiger partial charge in [0.25, 0.3) is 0 Å². The Morgan fingerprint density at radius 3 is 3.20 bits per heavy atom. The van der Waals surface area contributed by atoms with E-state index in [4.69, 9.17) is 11.8 Å². The molecule has 0 amide bonds. The van der Waals surface area contributed by atoms with Crippen LogP contribution in [0.4, 0.5) is 0 Å². The Labute approximate surface area is 61.6 Å². The van der Waals surface area contributed by atoms with Crippen molar-refractivity contribution < 1.29 is 0 Å². The standard InChI is InChI=1S/C5H3ClN4/c6-10-2-4-1-7-3-8-5(4)9-10/h1-3H. The highest BCUT2D eigenvalue weighted by molar-refractivity contribution is 6.15. The second-order valence-electron chi connectivity index (χ2n) is 1.82. The van der Waals surface area contributed by atoms with E-state index in [1.807, 2.05) is 0 Å². The van der Waals surface area contributed by atoms with Crippen LogP contribution in [0.1, 0.15) is 0 Å². The van der Waals surface area contributed by atoms with Crippen LogP contribution in [0.15, 0.2) is 18.7 Å². The van der Waals surface area contributed by atoms with Gasteiger partial charge in [-0.3, -0.25) is 0 Å². The molecule has 2 aromatic heterocycles. The number of halogens is 1. The summed E-state index contributed by atoms with van der Waals surface area (Å²) in [5, 5.41) is 4.69. The maximum Gasteiger partial charge on any atom is 0.185 e. The SMILES string of the molecule is Cln1cc2cncnc2n1. The van der Waals surface area contributed by atoms with E-state index < -0.39 is 0 Å². The molecule has 0 atom stereocenters. The summed E-state index contributed by atoms with van der Waals surface area (Å²) in [4.78, 5) is 7.68. The Bertz CT molecular complexity index is 322. The fourth-order valence-corrected chi connectivity index (χ4v) is 0.919. The predicted octanol–water partition coefficient (Wildman–Crippen LogP) is 0.828. The predicted molar refractivity (Wildman–Crippen MR) is 36.6 cm³/mol. The molecule has 0 aliphatic carbocycles. The van der Waals surface area contributed by atoms with Gasteiger partial charge >= 0.3 is 0 Å². The van der Waals surface area contributed by atoms with Crippen molar-refractivity contribution in [3.63, 3.8) is 0 Å². The van der Waals surface area contributed by atoms with E-state index >= 15 is 0 Å². The molecule has 0 bridgehead atoms. The molecule has 0 radical (unpaired) electrons. The molecule has 0 fully saturated rings. The lowest BCUT2D eigenvalue weighted by Gasteiger charge is -1.78. The van der Waals surface area contributed by atoms with Crippen LogP contribution in [0.3, 0.4) is 0 Å². The van der Waals surface area contributed by atoms with Gasteiger partial charge in [-0.2, -0.15) is 4.20 Å². The molecule has 0 saturated carbocycles. The first-order valence-corrected chi connectivity index (χ1v) is 3.01. The van der Waals surface area contributed by atoms with Gasteiger partial charge in [0, 0.05) is 18.0 Å². The minimum absolute atomic E-state index is 0.616. The summed E-state index contributed by atoms with van der Waals surface area (Å²) in [7, 11) is 0. The van der Waals surface area contributed by atoms with Crippen LogP contribution in [0.25, 0.3) is 11.0 Å². The van der Waals surface area contributed by atoms with Crippen molar-refractivity contribution in [1.29, 1.82) is 0 Å². The third-order valence-corrected chi connectivity index (χ3v) is 1.33. The normalized spacial score (nSPS) is 10.5. The number of hydrogen-bond acceptors (Lipinski definition) is 3. The van der Waals surface area contributed by atoms with Crippen molar-refractivity contribution in [3.05, 3.63) is 18.7 Å². The largest absolute Gasteiger partial charge is 0.244 e. The molecular weight excluding hydrogens is 152 g/mol. The van der Waals surface area contributed by atoms with E-state index in [0.29, 0.717) is 5.65 Å². The monoisotopic (exact) mass is 154 g/mol. The number of nitrogens with zero attached hydrogens (tertiary/aromatic N) is 4. The molecule has 0 aliphatic rings. The number of fused-ring (bicyclic) bond motifs is 1. The molecule has 4 nitrogen and oxygen atoms in total. The van der Waals surface area contributed by atoms with Crippen molar-refractivity contribution in [2.75, 3.05) is 0 Å². The van der Waals surface area contributed by atoms with E-state index in [1.165, 1.54) is 10.5 Å². The van der Waals surface area contributed by atoms with Gasteiger partial charge in [-0.25, -0.2) is 9.97 Å². The van der Waals surface area contributed by atoms with Gasteiger partial charge in [0.05, 0.1) is 11.6 Å². The van der Waals surface area contributed by atoms with Gasteiger partial charge in [-0.1, -0.05) is 0 Å². The van der Waals surface area contributed by atoms with Crippen molar-refractivity contribution in [2.24, 2.45) is 0 Å². The van der Waals surface area contributed by atoms with E-state index in [2.05, 4.69) is 15.1 Å². The number of aromatic nitrogens is 4. The molecule has 2 rings (SSSR count). The molecule has 2 aromatic rings. The molecular formula is C5H3ClN4. The Hall–Kier alpha value is -1.16. The summed E-state index contributed by atoms with van der Waals surface area (Å²) in [6.45, 7) is 0. The van der Waals surface area contributed by atoms with Gasteiger partial charge in [-0.05, 0) is 0 Å². The van der Waals surface area contributed by atoms with Crippen molar-refractivity contribution >= 4 is 22.8 Å². The zero-order chi connectivity index (χ0) is 6.97. The Morgan fingerprint density at radius 2 is 2.40 bits per heavy atom. The molecule has 2 heterocycles. The first-order valence-electron chi connectivity index (χ1n) is 2.68. The molecule has 0 aromatic carbocycles. The average Bonchev–Trinajstić information content (AvgIpc) is 2.27. The molecule has 10 heavy (non-hydrogen) atoms. The highest BCUT2D eigenvalue weighted by Gasteiger charge is 1.96. The first-order chi connectivity index (χ1) is 4.86. The minimum Gasteiger partial charge on any atom is -0.244 e. The fourth-order valence-electron chi connectivity index (χ4n) is 0.743. The zero-order valence-electron chi connectivity index (χ0n) is 4.90. The maximum absolute atomic E-state index is 5.52. The van der Waals surface area contributed by atoms with Crippen molar-refractivity contribution in [2.45, 2.75) is 0 Å². The van der Waals surface area contributed by atoms with E-state index in [1.54, 1.807) is 12.4 Å². The molecule has 0 unspecified atom stereocenters. The molecule has 50 valence electrons. The third kappa shape index (κ3) is 0.733. The molecule has 0 N–H and O–H groups in total. The Balaban J connectivity index is 2.88. The lowest BCUT2D eigenvalue weighted by molar-refractivity contribution is 1.00. The van der Waals surface area contributed by atoms with Crippen LogP contribution in [0, 0.1) is 0 Å². The van der Waals surface area contributed by atoms with Gasteiger partial charge in [0.1, 0.15) is 6.33 Å². The van der Waals surface area contributed by atoms with Crippen LogP contribution in [-0.2, 0) is 0 Å². The van der Waals surface area contributed by atoms with E-state index in [9.17, 15) is 0 Å². The lowest BCUT2D eigenvalue weighted by atomic mass is 10.5. The van der Waals surface area contributed by atoms with Crippen LogP contribution >= 0.6 is 11.8 Å². The molecule has 5 heteroatoms. The molecule has 0 aliphatic heterocycles. The van der Waals surface area contributed by atoms with Crippen LogP contribution < -0.4 is 0 Å². The summed E-state index contributed by atoms with van der Waals surface area (Å²) in [5.41, 5.74) is 0.616. The quantitative estimate of drug-likeness (QED) is 0.565. The van der Waals surface area contributed by atoms with Crippen LogP contribution in [0.5, 0.6) is 0 Å². The summed E-state index contributed by atoms with van der Waals surface area (Å²) in [6, 6.07) is 0. The number of rotatable bonds is 0.